The summed E-state index contributed by atoms with van der Waals surface area (Å²) in [6.07, 6.45) is -3.69. The van der Waals surface area contributed by atoms with E-state index in [1.165, 1.54) is 6.07 Å². The minimum absolute atomic E-state index is 0.159. The van der Waals surface area contributed by atoms with Crippen molar-refractivity contribution in [3.8, 4) is 34.3 Å². The van der Waals surface area contributed by atoms with Crippen LogP contribution in [0.5, 0.6) is 5.75 Å². The van der Waals surface area contributed by atoms with Crippen molar-refractivity contribution in [2.24, 2.45) is 0 Å². The molecule has 31 heavy (non-hydrogen) atoms. The fourth-order valence-corrected chi connectivity index (χ4v) is 2.95. The van der Waals surface area contributed by atoms with Crippen molar-refractivity contribution in [2.45, 2.75) is 12.8 Å². The normalized spacial score (nSPS) is 11.2. The van der Waals surface area contributed by atoms with E-state index in [9.17, 15) is 18.4 Å². The molecule has 4 rings (SSSR count). The van der Waals surface area contributed by atoms with E-state index < -0.39 is 11.7 Å². The van der Waals surface area contributed by atoms with Gasteiger partial charge in [0.05, 0.1) is 11.3 Å². The molecule has 0 fully saturated rings. The highest BCUT2D eigenvalue weighted by molar-refractivity contribution is 5.74. The second-order valence-electron chi connectivity index (χ2n) is 6.60. The summed E-state index contributed by atoms with van der Waals surface area (Å²) in [6.45, 7) is 0.286. The maximum absolute atomic E-state index is 12.9. The molecule has 2 heterocycles. The zero-order valence-corrected chi connectivity index (χ0v) is 15.9. The molecule has 0 aliphatic carbocycles. The summed E-state index contributed by atoms with van der Waals surface area (Å²) in [5.41, 5.74) is 1.93. The predicted octanol–water partition coefficient (Wildman–Crippen LogP) is 5.00. The largest absolute Gasteiger partial charge is 0.489 e. The molecule has 154 valence electrons. The van der Waals surface area contributed by atoms with Crippen molar-refractivity contribution in [3.63, 3.8) is 0 Å². The molecule has 0 saturated heterocycles. The molecule has 9 heteroatoms. The Hall–Kier alpha value is -4.19. The van der Waals surface area contributed by atoms with Crippen LogP contribution in [0.4, 0.5) is 13.2 Å². The summed E-state index contributed by atoms with van der Waals surface area (Å²) >= 11 is 0. The summed E-state index contributed by atoms with van der Waals surface area (Å²) in [5.74, 6) is 0.449. The molecule has 0 atom stereocenters. The highest BCUT2D eigenvalue weighted by Crippen LogP contribution is 2.33. The van der Waals surface area contributed by atoms with Gasteiger partial charge >= 0.3 is 6.18 Å². The summed E-state index contributed by atoms with van der Waals surface area (Å²) in [6, 6.07) is 18.8. The maximum atomic E-state index is 12.9. The lowest BCUT2D eigenvalue weighted by atomic mass is 10.0. The van der Waals surface area contributed by atoms with Gasteiger partial charge in [0.2, 0.25) is 0 Å². The summed E-state index contributed by atoms with van der Waals surface area (Å²) in [4.78, 5) is 3.96. The van der Waals surface area contributed by atoms with Crippen molar-refractivity contribution < 1.29 is 17.9 Å². The van der Waals surface area contributed by atoms with Crippen LogP contribution in [0, 0.1) is 11.3 Å². The number of H-pyrrole nitrogens is 1. The third-order valence-electron chi connectivity index (χ3n) is 4.48. The Kier molecular flexibility index (Phi) is 5.37. The van der Waals surface area contributed by atoms with Gasteiger partial charge in [-0.2, -0.15) is 18.4 Å². The van der Waals surface area contributed by atoms with Crippen molar-refractivity contribution in [1.29, 1.82) is 5.26 Å². The Bertz CT molecular complexity index is 1230. The van der Waals surface area contributed by atoms with Gasteiger partial charge < -0.3 is 4.74 Å². The number of nitriles is 1. The number of hydrogen-bond donors (Lipinski definition) is 1. The lowest BCUT2D eigenvalue weighted by Gasteiger charge is -2.12. The number of halogens is 3. The highest BCUT2D eigenvalue weighted by Gasteiger charge is 2.30. The van der Waals surface area contributed by atoms with Crippen LogP contribution in [0.1, 0.15) is 16.8 Å². The molecule has 0 amide bonds. The van der Waals surface area contributed by atoms with E-state index in [1.807, 2.05) is 36.4 Å². The van der Waals surface area contributed by atoms with Crippen LogP contribution in [0.2, 0.25) is 0 Å². The van der Waals surface area contributed by atoms with Crippen LogP contribution in [0.3, 0.4) is 0 Å². The first-order chi connectivity index (χ1) is 14.9. The second-order valence-corrected chi connectivity index (χ2v) is 6.60. The number of rotatable bonds is 5. The Morgan fingerprint density at radius 2 is 1.77 bits per heavy atom. The number of aromatic amines is 1. The quantitative estimate of drug-likeness (QED) is 0.490. The fourth-order valence-electron chi connectivity index (χ4n) is 2.95. The molecular weight excluding hydrogens is 407 g/mol. The summed E-state index contributed by atoms with van der Waals surface area (Å²) < 4.78 is 44.5. The van der Waals surface area contributed by atoms with Crippen molar-refractivity contribution in [3.05, 3.63) is 83.7 Å². The molecule has 1 N–H and O–H groups in total. The second kappa shape index (κ2) is 8.28. The molecule has 0 spiro atoms. The Labute approximate surface area is 175 Å². The lowest BCUT2D eigenvalue weighted by molar-refractivity contribution is -0.137. The number of nitrogens with zero attached hydrogens (tertiary/aromatic N) is 4. The van der Waals surface area contributed by atoms with E-state index >= 15 is 0 Å². The van der Waals surface area contributed by atoms with Gasteiger partial charge in [-0.15, -0.1) is 5.10 Å². The molecule has 0 unspecified atom stereocenters. The molecule has 0 radical (unpaired) electrons. The van der Waals surface area contributed by atoms with Crippen LogP contribution in [-0.4, -0.2) is 20.4 Å². The molecule has 0 aliphatic heterocycles. The number of alkyl halides is 3. The SMILES string of the molecule is N#Cc1[nH]nnc1-c1cc(OCc2ccccc2)cc(-c2ccc(C(F)(F)F)cn2)c1. The van der Waals surface area contributed by atoms with E-state index in [0.717, 1.165) is 17.8 Å². The van der Waals surface area contributed by atoms with Crippen molar-refractivity contribution in [1.82, 2.24) is 20.4 Å². The Morgan fingerprint density at radius 1 is 1.00 bits per heavy atom. The van der Waals surface area contributed by atoms with E-state index in [0.29, 0.717) is 28.3 Å². The first-order valence-electron chi connectivity index (χ1n) is 9.11. The molecule has 4 aromatic rings. The number of nitrogens with one attached hydrogen (secondary N) is 1. The molecular formula is C22H14F3N5O. The Balaban J connectivity index is 1.73. The predicted molar refractivity (Wildman–Crippen MR) is 106 cm³/mol. The van der Waals surface area contributed by atoms with Gasteiger partial charge in [0, 0.05) is 17.3 Å². The van der Waals surface area contributed by atoms with Gasteiger partial charge in [0.25, 0.3) is 0 Å². The van der Waals surface area contributed by atoms with Crippen molar-refractivity contribution in [2.75, 3.05) is 0 Å². The van der Waals surface area contributed by atoms with Crippen LogP contribution >= 0.6 is 0 Å². The Morgan fingerprint density at radius 3 is 2.45 bits per heavy atom. The molecule has 6 nitrogen and oxygen atoms in total. The first-order valence-corrected chi connectivity index (χ1v) is 9.11. The zero-order chi connectivity index (χ0) is 21.8. The molecule has 0 aliphatic rings. The number of pyridine rings is 1. The number of hydrogen-bond acceptors (Lipinski definition) is 5. The van der Waals surface area contributed by atoms with Gasteiger partial charge in [-0.1, -0.05) is 35.5 Å². The van der Waals surface area contributed by atoms with Gasteiger partial charge in [-0.25, -0.2) is 5.10 Å². The monoisotopic (exact) mass is 421 g/mol. The fraction of sp³-hybridized carbons (Fsp3) is 0.0909. The zero-order valence-electron chi connectivity index (χ0n) is 15.9. The summed E-state index contributed by atoms with van der Waals surface area (Å²) in [7, 11) is 0. The van der Waals surface area contributed by atoms with E-state index in [-0.39, 0.29) is 12.3 Å². The molecule has 0 bridgehead atoms. The van der Waals surface area contributed by atoms with E-state index in [4.69, 9.17) is 4.74 Å². The number of aromatic nitrogens is 4. The lowest BCUT2D eigenvalue weighted by Crippen LogP contribution is -2.05. The smallest absolute Gasteiger partial charge is 0.417 e. The number of ether oxygens (including phenoxy) is 1. The molecule has 0 saturated carbocycles. The van der Waals surface area contributed by atoms with E-state index in [1.54, 1.807) is 18.2 Å². The molecule has 2 aromatic heterocycles. The minimum atomic E-state index is -4.47. The van der Waals surface area contributed by atoms with Crippen molar-refractivity contribution >= 4 is 0 Å². The van der Waals surface area contributed by atoms with Gasteiger partial charge in [-0.05, 0) is 35.9 Å². The molecule has 2 aromatic carbocycles. The maximum Gasteiger partial charge on any atom is 0.417 e. The third-order valence-corrected chi connectivity index (χ3v) is 4.48. The first kappa shape index (κ1) is 20.1. The van der Waals surface area contributed by atoms with Crippen LogP contribution < -0.4 is 4.74 Å². The minimum Gasteiger partial charge on any atom is -0.489 e. The van der Waals surface area contributed by atoms with Gasteiger partial charge in [-0.3, -0.25) is 4.98 Å². The number of benzene rings is 2. The average molecular weight is 421 g/mol. The van der Waals surface area contributed by atoms with Crippen LogP contribution in [-0.2, 0) is 12.8 Å². The standard InChI is InChI=1S/C22H14F3N5O/c23-22(24,25)17-6-7-19(27-12-17)15-8-16(21-20(11-26)28-30-29-21)10-18(9-15)31-13-14-4-2-1-3-5-14/h1-10,12H,13H2,(H,28,29,30). The van der Waals surface area contributed by atoms with E-state index in [2.05, 4.69) is 20.4 Å². The van der Waals surface area contributed by atoms with Gasteiger partial charge in [0.1, 0.15) is 24.1 Å². The van der Waals surface area contributed by atoms with Gasteiger partial charge in [0.15, 0.2) is 5.69 Å². The van der Waals surface area contributed by atoms with Crippen LogP contribution in [0.25, 0.3) is 22.5 Å². The van der Waals surface area contributed by atoms with Crippen LogP contribution in [0.15, 0.2) is 66.9 Å². The topological polar surface area (TPSA) is 87.5 Å². The average Bonchev–Trinajstić information content (AvgIpc) is 3.27. The highest BCUT2D eigenvalue weighted by atomic mass is 19.4. The summed E-state index contributed by atoms with van der Waals surface area (Å²) in [5, 5.41) is 19.4. The third kappa shape index (κ3) is 4.53.